The van der Waals surface area contributed by atoms with Gasteiger partial charge in [-0.05, 0) is 25.0 Å². The molecule has 1 aliphatic carbocycles. The van der Waals surface area contributed by atoms with Crippen molar-refractivity contribution in [1.29, 1.82) is 0 Å². The molecule has 0 heterocycles. The molecule has 1 aromatic carbocycles. The van der Waals surface area contributed by atoms with Crippen LogP contribution in [0.3, 0.4) is 0 Å². The number of Topliss-reactive ketones (excluding diaryl/α,β-unsaturated/α-hetero) is 1. The number of halogens is 1. The molecular formula is C11H11ClO. The summed E-state index contributed by atoms with van der Waals surface area (Å²) < 4.78 is 0. The van der Waals surface area contributed by atoms with E-state index in [4.69, 9.17) is 11.6 Å². The molecule has 0 spiro atoms. The summed E-state index contributed by atoms with van der Waals surface area (Å²) in [7, 11) is 0. The normalized spacial score (nSPS) is 16.7. The fourth-order valence-electron chi connectivity index (χ4n) is 1.55. The second-order valence-electron chi connectivity index (χ2n) is 3.50. The van der Waals surface area contributed by atoms with Crippen molar-refractivity contribution in [3.8, 4) is 0 Å². The molecule has 1 fully saturated rings. The lowest BCUT2D eigenvalue weighted by Gasteiger charge is -2.23. The van der Waals surface area contributed by atoms with E-state index >= 15 is 0 Å². The van der Waals surface area contributed by atoms with Crippen LogP contribution in [0.1, 0.15) is 29.6 Å². The van der Waals surface area contributed by atoms with Crippen molar-refractivity contribution in [3.05, 3.63) is 34.9 Å². The van der Waals surface area contributed by atoms with Gasteiger partial charge in [-0.2, -0.15) is 0 Å². The summed E-state index contributed by atoms with van der Waals surface area (Å²) in [5.74, 6) is 0.521. The average Bonchev–Trinajstić information content (AvgIpc) is 2.01. The van der Waals surface area contributed by atoms with E-state index in [9.17, 15) is 4.79 Å². The molecule has 0 radical (unpaired) electrons. The van der Waals surface area contributed by atoms with Gasteiger partial charge in [0.05, 0.1) is 0 Å². The zero-order valence-corrected chi connectivity index (χ0v) is 8.05. The van der Waals surface area contributed by atoms with Crippen molar-refractivity contribution in [3.63, 3.8) is 0 Å². The predicted molar refractivity (Wildman–Crippen MR) is 53.1 cm³/mol. The van der Waals surface area contributed by atoms with Crippen LogP contribution in [0.5, 0.6) is 0 Å². The largest absolute Gasteiger partial charge is 0.294 e. The van der Waals surface area contributed by atoms with Crippen molar-refractivity contribution in [2.75, 3.05) is 0 Å². The fraction of sp³-hybridized carbons (Fsp3) is 0.364. The Hall–Kier alpha value is -0.820. The third kappa shape index (κ3) is 1.75. The Morgan fingerprint density at radius 2 is 2.15 bits per heavy atom. The van der Waals surface area contributed by atoms with E-state index in [1.807, 2.05) is 12.1 Å². The summed E-state index contributed by atoms with van der Waals surface area (Å²) in [6.45, 7) is 0. The molecule has 1 aromatic rings. The van der Waals surface area contributed by atoms with Gasteiger partial charge in [0, 0.05) is 16.5 Å². The first-order chi connectivity index (χ1) is 6.27. The molecule has 13 heavy (non-hydrogen) atoms. The minimum atomic E-state index is 0.258. The highest BCUT2D eigenvalue weighted by Crippen LogP contribution is 2.30. The van der Waals surface area contributed by atoms with E-state index in [2.05, 4.69) is 0 Å². The highest BCUT2D eigenvalue weighted by molar-refractivity contribution is 6.31. The minimum absolute atomic E-state index is 0.258. The maximum absolute atomic E-state index is 11.7. The standard InChI is InChI=1S/C11H11ClO/c12-10-6-2-5-9(7-10)11(13)8-3-1-4-8/h2,5-8H,1,3-4H2. The number of carbonyl (C=O) groups excluding carboxylic acids is 1. The minimum Gasteiger partial charge on any atom is -0.294 e. The highest BCUT2D eigenvalue weighted by Gasteiger charge is 2.25. The van der Waals surface area contributed by atoms with Crippen LogP contribution in [0.4, 0.5) is 0 Å². The zero-order valence-electron chi connectivity index (χ0n) is 7.29. The quantitative estimate of drug-likeness (QED) is 0.661. The van der Waals surface area contributed by atoms with Gasteiger partial charge < -0.3 is 0 Å². The van der Waals surface area contributed by atoms with Gasteiger partial charge in [0.15, 0.2) is 5.78 Å². The van der Waals surface area contributed by atoms with E-state index in [-0.39, 0.29) is 11.7 Å². The second kappa shape index (κ2) is 3.51. The number of hydrogen-bond donors (Lipinski definition) is 0. The molecule has 0 bridgehead atoms. The van der Waals surface area contributed by atoms with Gasteiger partial charge in [-0.25, -0.2) is 0 Å². The van der Waals surface area contributed by atoms with Gasteiger partial charge in [-0.15, -0.1) is 0 Å². The predicted octanol–water partition coefficient (Wildman–Crippen LogP) is 3.32. The molecule has 0 atom stereocenters. The summed E-state index contributed by atoms with van der Waals surface area (Å²) >= 11 is 5.80. The molecule has 1 nitrogen and oxygen atoms in total. The fourth-order valence-corrected chi connectivity index (χ4v) is 1.74. The van der Waals surface area contributed by atoms with Gasteiger partial charge in [-0.3, -0.25) is 4.79 Å². The zero-order chi connectivity index (χ0) is 9.26. The molecule has 0 unspecified atom stereocenters. The number of carbonyl (C=O) groups is 1. The van der Waals surface area contributed by atoms with Gasteiger partial charge in [-0.1, -0.05) is 30.2 Å². The maximum atomic E-state index is 11.7. The number of rotatable bonds is 2. The van der Waals surface area contributed by atoms with Crippen molar-refractivity contribution >= 4 is 17.4 Å². The van der Waals surface area contributed by atoms with Crippen LogP contribution in [0.2, 0.25) is 5.02 Å². The van der Waals surface area contributed by atoms with Crippen LogP contribution in [0.25, 0.3) is 0 Å². The van der Waals surface area contributed by atoms with Crippen LogP contribution >= 0.6 is 11.6 Å². The lowest BCUT2D eigenvalue weighted by molar-refractivity contribution is 0.0855. The van der Waals surface area contributed by atoms with Crippen molar-refractivity contribution in [2.24, 2.45) is 5.92 Å². The van der Waals surface area contributed by atoms with Gasteiger partial charge in [0.25, 0.3) is 0 Å². The van der Waals surface area contributed by atoms with Crippen LogP contribution in [0, 0.1) is 5.92 Å². The SMILES string of the molecule is O=C(c1cccc(Cl)c1)C1CCC1. The van der Waals surface area contributed by atoms with Crippen molar-refractivity contribution in [2.45, 2.75) is 19.3 Å². The summed E-state index contributed by atoms with van der Waals surface area (Å²) in [5.41, 5.74) is 0.761. The summed E-state index contributed by atoms with van der Waals surface area (Å²) in [6, 6.07) is 7.21. The molecule has 2 heteroatoms. The average molecular weight is 195 g/mol. The van der Waals surface area contributed by atoms with Crippen LogP contribution in [0.15, 0.2) is 24.3 Å². The Labute approximate surface area is 82.7 Å². The topological polar surface area (TPSA) is 17.1 Å². The van der Waals surface area contributed by atoms with Gasteiger partial charge >= 0.3 is 0 Å². The lowest BCUT2D eigenvalue weighted by Crippen LogP contribution is -2.21. The molecule has 0 saturated heterocycles. The van der Waals surface area contributed by atoms with E-state index in [0.717, 1.165) is 18.4 Å². The summed E-state index contributed by atoms with van der Waals surface area (Å²) in [5, 5.41) is 0.644. The number of benzene rings is 1. The van der Waals surface area contributed by atoms with Crippen LogP contribution in [-0.4, -0.2) is 5.78 Å². The molecule has 1 saturated carbocycles. The Morgan fingerprint density at radius 3 is 2.69 bits per heavy atom. The van der Waals surface area contributed by atoms with Crippen molar-refractivity contribution < 1.29 is 4.79 Å². The van der Waals surface area contributed by atoms with E-state index in [1.165, 1.54) is 6.42 Å². The maximum Gasteiger partial charge on any atom is 0.165 e. The first kappa shape index (κ1) is 8.76. The van der Waals surface area contributed by atoms with E-state index < -0.39 is 0 Å². The van der Waals surface area contributed by atoms with Crippen LogP contribution in [-0.2, 0) is 0 Å². The summed E-state index contributed by atoms with van der Waals surface area (Å²) in [6.07, 6.45) is 3.29. The highest BCUT2D eigenvalue weighted by atomic mass is 35.5. The molecule has 0 aromatic heterocycles. The third-order valence-corrected chi connectivity index (χ3v) is 2.82. The summed E-state index contributed by atoms with van der Waals surface area (Å²) in [4.78, 5) is 11.7. The Morgan fingerprint density at radius 1 is 1.38 bits per heavy atom. The first-order valence-corrected chi connectivity index (χ1v) is 4.95. The number of ketones is 1. The molecule has 68 valence electrons. The molecule has 0 amide bonds. The second-order valence-corrected chi connectivity index (χ2v) is 3.94. The van der Waals surface area contributed by atoms with Gasteiger partial charge in [0.1, 0.15) is 0 Å². The van der Waals surface area contributed by atoms with E-state index in [1.54, 1.807) is 12.1 Å². The lowest BCUT2D eigenvalue weighted by atomic mass is 9.80. The first-order valence-electron chi connectivity index (χ1n) is 4.57. The monoisotopic (exact) mass is 194 g/mol. The van der Waals surface area contributed by atoms with Crippen LogP contribution < -0.4 is 0 Å². The molecule has 1 aliphatic rings. The molecule has 2 rings (SSSR count). The Kier molecular flexibility index (Phi) is 2.36. The van der Waals surface area contributed by atoms with Gasteiger partial charge in [0.2, 0.25) is 0 Å². The Balaban J connectivity index is 2.19. The van der Waals surface area contributed by atoms with E-state index in [0.29, 0.717) is 5.02 Å². The number of hydrogen-bond acceptors (Lipinski definition) is 1. The molecule has 0 N–H and O–H groups in total. The smallest absolute Gasteiger partial charge is 0.165 e. The van der Waals surface area contributed by atoms with Crippen molar-refractivity contribution in [1.82, 2.24) is 0 Å². The molecule has 0 aliphatic heterocycles. The Bertz CT molecular complexity index is 329. The third-order valence-electron chi connectivity index (χ3n) is 2.59. The molecular weight excluding hydrogens is 184 g/mol.